The number of fused-ring (bicyclic) bond motifs is 2. The Morgan fingerprint density at radius 1 is 1.06 bits per heavy atom. The average Bonchev–Trinajstić information content (AvgIpc) is 3.00. The molecule has 0 radical (unpaired) electrons. The normalized spacial score (nSPS) is 19.7. The van der Waals surface area contributed by atoms with E-state index in [0.29, 0.717) is 24.7 Å². The number of hydrogen-bond acceptors (Lipinski definition) is 5. The minimum absolute atomic E-state index is 0.00544. The Balaban J connectivity index is 1.50. The highest BCUT2D eigenvalue weighted by Crippen LogP contribution is 2.43. The maximum absolute atomic E-state index is 13.2. The summed E-state index contributed by atoms with van der Waals surface area (Å²) in [6.45, 7) is 2.79. The average molecular weight is 436 g/mol. The number of amides is 1. The summed E-state index contributed by atoms with van der Waals surface area (Å²) in [5.41, 5.74) is 4.07. The van der Waals surface area contributed by atoms with Gasteiger partial charge < -0.3 is 4.74 Å². The van der Waals surface area contributed by atoms with Gasteiger partial charge in [0.05, 0.1) is 24.6 Å². The fourth-order valence-corrected chi connectivity index (χ4v) is 5.77. The molecule has 31 heavy (non-hydrogen) atoms. The van der Waals surface area contributed by atoms with Gasteiger partial charge in [0.25, 0.3) is 5.91 Å². The largest absolute Gasteiger partial charge is 0.379 e. The molecule has 2 fully saturated rings. The second-order valence-corrected chi connectivity index (χ2v) is 9.59. The maximum atomic E-state index is 13.2. The van der Waals surface area contributed by atoms with Gasteiger partial charge in [-0.25, -0.2) is 5.01 Å². The van der Waals surface area contributed by atoms with Gasteiger partial charge in [-0.1, -0.05) is 49.2 Å². The zero-order valence-electron chi connectivity index (χ0n) is 18.0. The monoisotopic (exact) mass is 435 g/mol. The molecule has 1 aliphatic carbocycles. The van der Waals surface area contributed by atoms with Crippen LogP contribution in [0.25, 0.3) is 0 Å². The van der Waals surface area contributed by atoms with Gasteiger partial charge in [0, 0.05) is 47.0 Å². The number of rotatable bonds is 3. The Morgan fingerprint density at radius 3 is 2.65 bits per heavy atom. The maximum Gasteiger partial charge on any atom is 0.267 e. The van der Waals surface area contributed by atoms with Crippen LogP contribution in [0, 0.1) is 5.92 Å². The number of hydrazine groups is 1. The number of morpholine rings is 1. The van der Waals surface area contributed by atoms with Crippen molar-refractivity contribution in [3.8, 4) is 0 Å². The van der Waals surface area contributed by atoms with E-state index in [4.69, 9.17) is 9.73 Å². The van der Waals surface area contributed by atoms with E-state index in [0.717, 1.165) is 23.7 Å². The van der Waals surface area contributed by atoms with E-state index in [1.807, 2.05) is 19.2 Å². The first-order chi connectivity index (χ1) is 15.2. The van der Waals surface area contributed by atoms with Gasteiger partial charge in [0.2, 0.25) is 0 Å². The molecule has 2 heterocycles. The third-order valence-electron chi connectivity index (χ3n) is 6.53. The van der Waals surface area contributed by atoms with Crippen molar-refractivity contribution in [1.29, 1.82) is 0 Å². The van der Waals surface area contributed by atoms with Crippen LogP contribution in [0.1, 0.15) is 48.0 Å². The minimum Gasteiger partial charge on any atom is -0.379 e. The molecule has 1 amide bonds. The molecule has 162 valence electrons. The first-order valence-corrected chi connectivity index (χ1v) is 12.1. The summed E-state index contributed by atoms with van der Waals surface area (Å²) >= 11 is 1.76. The van der Waals surface area contributed by atoms with Gasteiger partial charge in [-0.2, -0.15) is 0 Å². The van der Waals surface area contributed by atoms with Crippen molar-refractivity contribution in [1.82, 2.24) is 10.0 Å². The molecular formula is C25H29N3O2S. The summed E-state index contributed by atoms with van der Waals surface area (Å²) in [6.07, 6.45) is 6.27. The van der Waals surface area contributed by atoms with E-state index < -0.39 is 0 Å². The van der Waals surface area contributed by atoms with Gasteiger partial charge in [0.15, 0.2) is 0 Å². The zero-order valence-corrected chi connectivity index (χ0v) is 18.9. The molecule has 0 atom stereocenters. The first-order valence-electron chi connectivity index (χ1n) is 11.3. The lowest BCUT2D eigenvalue weighted by atomic mass is 9.83. The van der Waals surface area contributed by atoms with Gasteiger partial charge in [-0.05, 0) is 37.1 Å². The molecule has 1 saturated carbocycles. The zero-order chi connectivity index (χ0) is 21.2. The van der Waals surface area contributed by atoms with Gasteiger partial charge in [0.1, 0.15) is 0 Å². The molecule has 0 N–H and O–H groups in total. The lowest BCUT2D eigenvalue weighted by molar-refractivity contribution is -0.0579. The van der Waals surface area contributed by atoms with Crippen LogP contribution >= 0.6 is 11.8 Å². The third kappa shape index (κ3) is 4.29. The van der Waals surface area contributed by atoms with Crippen LogP contribution in [0.5, 0.6) is 0 Å². The Kier molecular flexibility index (Phi) is 6.12. The van der Waals surface area contributed by atoms with Crippen molar-refractivity contribution in [2.45, 2.75) is 41.9 Å². The first kappa shape index (κ1) is 20.7. The highest BCUT2D eigenvalue weighted by atomic mass is 32.2. The molecule has 2 aliphatic heterocycles. The number of ether oxygens (including phenoxy) is 1. The molecule has 0 unspecified atom stereocenters. The van der Waals surface area contributed by atoms with Crippen LogP contribution in [-0.2, 0) is 4.74 Å². The topological polar surface area (TPSA) is 45.1 Å². The summed E-state index contributed by atoms with van der Waals surface area (Å²) in [7, 11) is 1.85. The molecule has 2 aromatic rings. The molecule has 0 aromatic heterocycles. The molecule has 6 heteroatoms. The molecule has 5 rings (SSSR count). The number of nitrogens with zero attached hydrogens (tertiary/aromatic N) is 3. The lowest BCUT2D eigenvalue weighted by Crippen LogP contribution is -2.49. The Labute approximate surface area is 188 Å². The predicted molar refractivity (Wildman–Crippen MR) is 124 cm³/mol. The molecule has 1 saturated heterocycles. The number of hydrogen-bond donors (Lipinski definition) is 0. The van der Waals surface area contributed by atoms with E-state index in [9.17, 15) is 4.79 Å². The summed E-state index contributed by atoms with van der Waals surface area (Å²) in [5.74, 6) is 0.503. The van der Waals surface area contributed by atoms with E-state index in [1.54, 1.807) is 16.8 Å². The number of benzene rings is 2. The van der Waals surface area contributed by atoms with Crippen LogP contribution in [0.3, 0.4) is 0 Å². The Bertz CT molecular complexity index is 994. The van der Waals surface area contributed by atoms with Crippen molar-refractivity contribution < 1.29 is 9.53 Å². The smallest absolute Gasteiger partial charge is 0.267 e. The standard InChI is InChI=1S/C25H29N3O2S/c1-27(28-13-15-30-16-14-28)25(29)19-11-12-23-21(17-19)26-24(18-7-3-2-4-8-18)20-9-5-6-10-22(20)31-23/h5-6,9-12,17-18H,2-4,7-8,13-16H2,1H3. The summed E-state index contributed by atoms with van der Waals surface area (Å²) in [5, 5.41) is 3.79. The van der Waals surface area contributed by atoms with Crippen LogP contribution in [0.2, 0.25) is 0 Å². The predicted octanol–water partition coefficient (Wildman–Crippen LogP) is 5.17. The van der Waals surface area contributed by atoms with Gasteiger partial charge in [-0.15, -0.1) is 0 Å². The second kappa shape index (κ2) is 9.15. The van der Waals surface area contributed by atoms with E-state index in [-0.39, 0.29) is 5.91 Å². The van der Waals surface area contributed by atoms with Crippen LogP contribution in [-0.4, -0.2) is 55.0 Å². The quantitative estimate of drug-likeness (QED) is 0.667. The lowest BCUT2D eigenvalue weighted by Gasteiger charge is -2.34. The van der Waals surface area contributed by atoms with Gasteiger partial charge >= 0.3 is 0 Å². The van der Waals surface area contributed by atoms with Crippen LogP contribution < -0.4 is 0 Å². The van der Waals surface area contributed by atoms with Crippen molar-refractivity contribution in [3.63, 3.8) is 0 Å². The third-order valence-corrected chi connectivity index (χ3v) is 7.67. The minimum atomic E-state index is 0.00544. The molecular weight excluding hydrogens is 406 g/mol. The van der Waals surface area contributed by atoms with Crippen LogP contribution in [0.4, 0.5) is 5.69 Å². The highest BCUT2D eigenvalue weighted by Gasteiger charge is 2.27. The second-order valence-electron chi connectivity index (χ2n) is 8.51. The number of carbonyl (C=O) groups is 1. The molecule has 2 aromatic carbocycles. The number of aliphatic imine (C=N–C) groups is 1. The summed E-state index contributed by atoms with van der Waals surface area (Å²) in [4.78, 5) is 20.8. The van der Waals surface area contributed by atoms with E-state index in [2.05, 4.69) is 35.3 Å². The molecule has 5 nitrogen and oxygen atoms in total. The van der Waals surface area contributed by atoms with Gasteiger partial charge in [-0.3, -0.25) is 14.8 Å². The molecule has 0 spiro atoms. The fourth-order valence-electron chi connectivity index (χ4n) is 4.76. The van der Waals surface area contributed by atoms with Crippen molar-refractivity contribution >= 4 is 29.1 Å². The number of carbonyl (C=O) groups excluding carboxylic acids is 1. The summed E-state index contributed by atoms with van der Waals surface area (Å²) in [6, 6.07) is 14.6. The van der Waals surface area contributed by atoms with E-state index in [1.165, 1.54) is 48.3 Å². The molecule has 0 bridgehead atoms. The molecule has 3 aliphatic rings. The van der Waals surface area contributed by atoms with E-state index >= 15 is 0 Å². The Hall–Kier alpha value is -2.15. The fraction of sp³-hybridized carbons (Fsp3) is 0.440. The highest BCUT2D eigenvalue weighted by molar-refractivity contribution is 7.99. The SMILES string of the molecule is CN(C(=O)c1ccc2c(c1)N=C(C1CCCCC1)c1ccccc1S2)N1CCOCC1. The van der Waals surface area contributed by atoms with Crippen molar-refractivity contribution in [2.24, 2.45) is 10.9 Å². The van der Waals surface area contributed by atoms with Crippen molar-refractivity contribution in [2.75, 3.05) is 33.4 Å². The summed E-state index contributed by atoms with van der Waals surface area (Å²) < 4.78 is 5.42. The van der Waals surface area contributed by atoms with Crippen LogP contribution in [0.15, 0.2) is 57.2 Å². The Morgan fingerprint density at radius 2 is 1.84 bits per heavy atom. The van der Waals surface area contributed by atoms with Crippen molar-refractivity contribution in [3.05, 3.63) is 53.6 Å².